The van der Waals surface area contributed by atoms with Gasteiger partial charge < -0.3 is 79.7 Å². The first-order chi connectivity index (χ1) is 57.8. The van der Waals surface area contributed by atoms with Crippen LogP contribution in [0.5, 0.6) is 11.5 Å². The topological polar surface area (TPSA) is 332 Å². The first-order valence-electron chi connectivity index (χ1n) is 43.3. The Labute approximate surface area is 734 Å². The molecule has 0 spiro atoms. The lowest BCUT2D eigenvalue weighted by Gasteiger charge is -2.29. The molecule has 5 unspecified atom stereocenters. The van der Waals surface area contributed by atoms with Crippen molar-refractivity contribution in [2.75, 3.05) is 13.2 Å². The fraction of sp³-hybridized carbons (Fsp3) is 0.530. The number of aliphatic hydroxyl groups excluding tert-OH is 1. The zero-order valence-corrected chi connectivity index (χ0v) is 77.5. The Kier molecular flexibility index (Phi) is 60.2. The number of rotatable bonds is 31. The predicted octanol–water partition coefficient (Wildman–Crippen LogP) is 22.6. The summed E-state index contributed by atoms with van der Waals surface area (Å²) < 4.78 is 42.6. The lowest BCUT2D eigenvalue weighted by Crippen LogP contribution is -2.29. The third-order valence-corrected chi connectivity index (χ3v) is 19.5. The van der Waals surface area contributed by atoms with Crippen LogP contribution in [0.15, 0.2) is 204 Å². The Morgan fingerprint density at radius 3 is 1.25 bits per heavy atom. The van der Waals surface area contributed by atoms with Crippen molar-refractivity contribution in [1.29, 1.82) is 0 Å². The Morgan fingerprint density at radius 1 is 0.443 bits per heavy atom. The molecule has 0 radical (unpaired) electrons. The van der Waals surface area contributed by atoms with E-state index in [0.29, 0.717) is 55.7 Å². The normalized spacial score (nSPS) is 14.8. The number of phenolic OH excluding ortho intramolecular Hbond substituents is 2. The van der Waals surface area contributed by atoms with Crippen molar-refractivity contribution >= 4 is 35.2 Å². The van der Waals surface area contributed by atoms with Crippen LogP contribution in [-0.4, -0.2) is 121 Å². The number of carbonyl (C=O) groups is 4. The van der Waals surface area contributed by atoms with E-state index in [0.717, 1.165) is 91.9 Å². The van der Waals surface area contributed by atoms with E-state index in [2.05, 4.69) is 42.4 Å². The van der Waals surface area contributed by atoms with Gasteiger partial charge in [0.05, 0.1) is 98.7 Å². The molecule has 0 saturated heterocycles. The molecule has 2 aliphatic carbocycles. The molecule has 10 N–H and O–H groups in total. The second kappa shape index (κ2) is 65.9. The molecular formula is C100H151N3O18S. The number of ether oxygens (including phenoxy) is 7. The molecule has 2 saturated carbocycles. The second-order valence-electron chi connectivity index (χ2n) is 33.0. The number of phenols is 2. The van der Waals surface area contributed by atoms with Crippen LogP contribution in [0.2, 0.25) is 0 Å². The van der Waals surface area contributed by atoms with Gasteiger partial charge in [-0.05, 0) is 234 Å². The van der Waals surface area contributed by atoms with E-state index in [1.807, 2.05) is 238 Å². The van der Waals surface area contributed by atoms with Crippen LogP contribution >= 0.6 is 11.3 Å². The number of aliphatic hydroxyl groups is 1. The summed E-state index contributed by atoms with van der Waals surface area (Å²) in [6.45, 7) is 43.6. The highest BCUT2D eigenvalue weighted by Gasteiger charge is 2.32. The van der Waals surface area contributed by atoms with Crippen LogP contribution < -0.4 is 11.5 Å². The van der Waals surface area contributed by atoms with Crippen molar-refractivity contribution in [3.8, 4) is 11.5 Å². The quantitative estimate of drug-likeness (QED) is 0.0187. The predicted molar refractivity (Wildman–Crippen MR) is 491 cm³/mol. The number of aromatic nitrogens is 1. The summed E-state index contributed by atoms with van der Waals surface area (Å²) in [6.07, 6.45) is 14.8. The van der Waals surface area contributed by atoms with Crippen LogP contribution in [0.25, 0.3) is 0 Å². The number of thiophene rings is 1. The fourth-order valence-corrected chi connectivity index (χ4v) is 13.0. The minimum absolute atomic E-state index is 0.0289. The number of oxazole rings is 1. The van der Waals surface area contributed by atoms with Gasteiger partial charge in [0.25, 0.3) is 0 Å². The third-order valence-electron chi connectivity index (χ3n) is 18.6. The van der Waals surface area contributed by atoms with E-state index in [-0.39, 0.29) is 77.9 Å². The molecule has 5 atom stereocenters. The summed E-state index contributed by atoms with van der Waals surface area (Å²) in [5.74, 6) is -0.768. The van der Waals surface area contributed by atoms with Crippen molar-refractivity contribution in [1.82, 2.24) is 4.98 Å². The number of carboxylic acid groups (broad SMARTS) is 3. The van der Waals surface area contributed by atoms with Gasteiger partial charge in [-0.3, -0.25) is 14.4 Å². The van der Waals surface area contributed by atoms with E-state index in [4.69, 9.17) is 74.6 Å². The minimum Gasteiger partial charge on any atom is -0.508 e. The molecule has 21 nitrogen and oxygen atoms in total. The molecule has 0 amide bonds. The number of nitrogens with two attached hydrogens (primary N) is 2. The number of hydrogen-bond donors (Lipinski definition) is 8. The molecule has 2 fully saturated rings. The summed E-state index contributed by atoms with van der Waals surface area (Å²) >= 11 is 1.74. The first kappa shape index (κ1) is 111. The molecule has 2 heterocycles. The van der Waals surface area contributed by atoms with Crippen molar-refractivity contribution in [3.63, 3.8) is 0 Å². The van der Waals surface area contributed by atoms with Gasteiger partial charge in [0.1, 0.15) is 29.9 Å². The molecule has 2 aliphatic rings. The number of esters is 1. The van der Waals surface area contributed by atoms with Crippen LogP contribution in [-0.2, 0) is 78.8 Å². The van der Waals surface area contributed by atoms with Crippen molar-refractivity contribution in [3.05, 3.63) is 244 Å². The monoisotopic (exact) mass is 1710 g/mol. The second-order valence-corrected chi connectivity index (χ2v) is 34.0. The smallest absolute Gasteiger partial charge is 0.327 e. The van der Waals surface area contributed by atoms with Crippen LogP contribution in [0, 0.1) is 35.5 Å². The number of nitrogens with zero attached hydrogens (tertiary/aromatic N) is 1. The van der Waals surface area contributed by atoms with E-state index >= 15 is 0 Å². The van der Waals surface area contributed by atoms with Crippen molar-refractivity contribution in [2.45, 2.75) is 296 Å². The van der Waals surface area contributed by atoms with E-state index in [1.165, 1.54) is 48.2 Å². The third kappa shape index (κ3) is 54.1. The Balaban J connectivity index is 0.000000679. The number of aliphatic carboxylic acids is 3. The number of carboxylic acids is 3. The van der Waals surface area contributed by atoms with E-state index in [9.17, 15) is 24.3 Å². The Hall–Kier alpha value is -8.65. The molecule has 6 aromatic carbocycles. The summed E-state index contributed by atoms with van der Waals surface area (Å²) in [5, 5.41) is 56.5. The number of hydrogen-bond acceptors (Lipinski definition) is 19. The average Bonchev–Trinajstić information content (AvgIpc) is 0.982. The maximum atomic E-state index is 11.4. The molecule has 0 aliphatic heterocycles. The summed E-state index contributed by atoms with van der Waals surface area (Å²) in [7, 11) is 0. The van der Waals surface area contributed by atoms with Crippen molar-refractivity contribution in [2.24, 2.45) is 47.0 Å². The molecule has 8 aromatic rings. The highest BCUT2D eigenvalue weighted by Crippen LogP contribution is 2.35. The lowest BCUT2D eigenvalue weighted by molar-refractivity contribution is -0.149. The van der Waals surface area contributed by atoms with Gasteiger partial charge in [-0.25, -0.2) is 9.78 Å². The van der Waals surface area contributed by atoms with Gasteiger partial charge in [0, 0.05) is 18.0 Å². The summed E-state index contributed by atoms with van der Waals surface area (Å²) in [4.78, 5) is 49.4. The van der Waals surface area contributed by atoms with Crippen LogP contribution in [0.4, 0.5) is 0 Å². The van der Waals surface area contributed by atoms with Gasteiger partial charge in [0.2, 0.25) is 0 Å². The minimum atomic E-state index is -0.828. The molecule has 0 bridgehead atoms. The molecule has 10 rings (SSSR count). The van der Waals surface area contributed by atoms with Crippen molar-refractivity contribution < 1.29 is 87.4 Å². The number of benzene rings is 6. The number of carbonyl (C=O) groups excluding carboxylic acids is 1. The lowest BCUT2D eigenvalue weighted by atomic mass is 9.75. The van der Waals surface area contributed by atoms with E-state index < -0.39 is 29.9 Å². The molecular weight excluding hydrogens is 1560 g/mol. The van der Waals surface area contributed by atoms with Gasteiger partial charge in [-0.2, -0.15) is 0 Å². The van der Waals surface area contributed by atoms with E-state index in [1.54, 1.807) is 55.6 Å². The van der Waals surface area contributed by atoms with Gasteiger partial charge in [-0.15, -0.1) is 11.3 Å². The van der Waals surface area contributed by atoms with Gasteiger partial charge in [-0.1, -0.05) is 212 Å². The van der Waals surface area contributed by atoms with Gasteiger partial charge in [0.15, 0.2) is 6.39 Å². The fourth-order valence-electron chi connectivity index (χ4n) is 12.4. The van der Waals surface area contributed by atoms with Gasteiger partial charge >= 0.3 is 23.9 Å². The Bertz CT molecular complexity index is 3770. The standard InChI is InChI=1S/C11H15NO2.C11H17NO.C11H14O3.C11H20O2.C11H14O2.C10H20O2.C10H14O2.C10H14O.C8H12OS.C7H11NO2/c1-8(2)14-11(13)10(12)9-6-4-3-5-7-9;1-9(2)13-11(8-12)10-6-4-3-5-7-10;1-7(2)10(11(13)14)8-3-5-9(12)6-4-8;2*1-8(2)10(11(12)13)9-6-4-3-5-7-9;2*1-8(2)12-7-9-3-5-10(11)6-4-9;1-9(2)11-8-10-6-4-3-5-7-10;1-7(2)9-6-8-4-3-5-10-8;1-6(2)9-4-7-3-8-5-10-7/h3-8,10H,12H2,1-2H3;3-7,9,11H,8,12H2,1-2H3;3-7,10,12H,1-2H3,(H,13,14);8-10H,3-7H2,1-2H3,(H,12,13);3-8,10H,1-2H3,(H,12,13);8-11H,3-7H2,1-2H3;3-6,8,11H,7H2,1-2H3;3-7,9H,8H2,1-2H3;3-5,7H,6H2,1-2H3;3,5-6H,4H2,1-2H3. The zero-order valence-electron chi connectivity index (χ0n) is 76.6. The molecule has 680 valence electrons. The van der Waals surface area contributed by atoms with Crippen LogP contribution in [0.3, 0.4) is 0 Å². The largest absolute Gasteiger partial charge is 0.508 e. The molecule has 122 heavy (non-hydrogen) atoms. The highest BCUT2D eigenvalue weighted by atomic mass is 32.1. The molecule has 2 aromatic heterocycles. The highest BCUT2D eigenvalue weighted by molar-refractivity contribution is 7.09. The maximum Gasteiger partial charge on any atom is 0.327 e. The average molecular weight is 1720 g/mol. The molecule has 22 heteroatoms. The Morgan fingerprint density at radius 2 is 0.861 bits per heavy atom. The zero-order chi connectivity index (χ0) is 91.5. The summed E-state index contributed by atoms with van der Waals surface area (Å²) in [5.41, 5.74) is 17.2. The van der Waals surface area contributed by atoms with Crippen LogP contribution in [0.1, 0.15) is 264 Å². The maximum absolute atomic E-state index is 11.4. The SMILES string of the molecule is CC(C)C(C(=O)O)C1CCCCC1.CC(C)C(C(=O)O)c1ccc(O)cc1.CC(C)C(C(=O)O)c1ccccc1.CC(C)OC(=O)C(N)c1ccccc1.CC(C)OC(CN)c1ccccc1.CC(C)OCC1CCC(O)CC1.CC(C)OCc1ccc(O)cc1.CC(C)OCc1ccccc1.CC(C)OCc1cccs1.CC(C)OCc1cnco1. The summed E-state index contributed by atoms with van der Waals surface area (Å²) in [6, 6.07) is 55.6. The first-order valence-corrected chi connectivity index (χ1v) is 44.1. The number of aromatic hydroxyl groups is 2.